The minimum Gasteiger partial charge on any atom is -0.258 e. The largest absolute Gasteiger partial charge is 0.318 e. The molecule has 0 saturated heterocycles. The molecule has 1 rings (SSSR count). The smallest absolute Gasteiger partial charge is 0.258 e. The first kappa shape index (κ1) is 10.7. The average Bonchev–Trinajstić information content (AvgIpc) is 2.17. The van der Waals surface area contributed by atoms with Crippen LogP contribution in [0.25, 0.3) is 0 Å². The molecule has 0 unspecified atom stereocenters. The molecule has 0 atom stereocenters. The minimum absolute atomic E-state index is 0.000833. The van der Waals surface area contributed by atoms with E-state index < -0.39 is 10.0 Å². The summed E-state index contributed by atoms with van der Waals surface area (Å²) in [5, 5.41) is 19.5. The Labute approximate surface area is 82.8 Å². The third kappa shape index (κ3) is 2.77. The molecule has 0 spiro atoms. The van der Waals surface area contributed by atoms with Crippen molar-refractivity contribution < 1.29 is 14.9 Å². The van der Waals surface area contributed by atoms with E-state index in [0.29, 0.717) is 5.17 Å². The van der Waals surface area contributed by atoms with Crippen molar-refractivity contribution in [2.24, 2.45) is 5.84 Å². The molecule has 0 aliphatic carbocycles. The van der Waals surface area contributed by atoms with Gasteiger partial charge in [-0.25, -0.2) is 5.84 Å². The number of nitrogens with zero attached hydrogens (tertiary/aromatic N) is 3. The number of anilines is 1. The van der Waals surface area contributed by atoms with Gasteiger partial charge in [0.15, 0.2) is 0 Å². The average molecular weight is 214 g/mol. The summed E-state index contributed by atoms with van der Waals surface area (Å²) in [6.45, 7) is 0. The van der Waals surface area contributed by atoms with Crippen LogP contribution in [0, 0.1) is 20.2 Å². The molecule has 0 heterocycles. The first-order valence-corrected chi connectivity index (χ1v) is 3.62. The topological polar surface area (TPSA) is 125 Å². The number of non-ortho nitro benzene ring substituents is 1. The lowest BCUT2D eigenvalue weighted by Gasteiger charge is -2.13. The monoisotopic (exact) mass is 214 g/mol. The molecule has 1 aromatic rings. The van der Waals surface area contributed by atoms with Crippen molar-refractivity contribution in [3.05, 3.63) is 44.5 Å². The fraction of sp³-hybridized carbons (Fsp3) is 0. The van der Waals surface area contributed by atoms with Crippen LogP contribution in [0.1, 0.15) is 0 Å². The summed E-state index contributed by atoms with van der Waals surface area (Å²) in [4.78, 5) is 23.5. The zero-order valence-corrected chi connectivity index (χ0v) is 7.27. The summed E-state index contributed by atoms with van der Waals surface area (Å²) in [6, 6.07) is 4.93. The minimum atomic E-state index is -1.13. The van der Waals surface area contributed by atoms with Gasteiger partial charge in [0, 0.05) is 12.1 Å². The molecule has 0 amide bonds. The fourth-order valence-electron chi connectivity index (χ4n) is 0.863. The van der Waals surface area contributed by atoms with Crippen molar-refractivity contribution in [2.75, 3.05) is 5.17 Å². The Morgan fingerprint density at radius 3 is 2.53 bits per heavy atom. The summed E-state index contributed by atoms with van der Waals surface area (Å²) < 4.78 is 0. The van der Waals surface area contributed by atoms with E-state index in [2.05, 4.69) is 4.94 Å². The van der Waals surface area contributed by atoms with Gasteiger partial charge in [0.2, 0.25) is 0 Å². The van der Waals surface area contributed by atoms with E-state index in [1.54, 1.807) is 0 Å². The van der Waals surface area contributed by atoms with Crippen LogP contribution in [0.5, 0.6) is 0 Å². The van der Waals surface area contributed by atoms with E-state index in [1.807, 2.05) is 0 Å². The second kappa shape index (κ2) is 4.19. The van der Waals surface area contributed by atoms with Gasteiger partial charge in [-0.3, -0.25) is 10.1 Å². The molecule has 0 aromatic heterocycles. The summed E-state index contributed by atoms with van der Waals surface area (Å²) >= 11 is 0. The van der Waals surface area contributed by atoms with Crippen molar-refractivity contribution in [1.29, 1.82) is 0 Å². The predicted molar refractivity (Wildman–Crippen MR) is 47.8 cm³/mol. The van der Waals surface area contributed by atoms with Gasteiger partial charge in [-0.2, -0.15) is 4.94 Å². The van der Waals surface area contributed by atoms with Crippen LogP contribution in [0.4, 0.5) is 11.4 Å². The van der Waals surface area contributed by atoms with Crippen LogP contribution in [-0.4, -0.2) is 10.0 Å². The molecule has 0 bridgehead atoms. The highest BCUT2D eigenvalue weighted by Gasteiger charge is 2.11. The lowest BCUT2D eigenvalue weighted by molar-refractivity contribution is -0.762. The number of nitro benzene ring substituents is 1. The van der Waals surface area contributed by atoms with E-state index in [9.17, 15) is 20.2 Å². The molecule has 80 valence electrons. The van der Waals surface area contributed by atoms with Crippen LogP contribution >= 0.6 is 0 Å². The van der Waals surface area contributed by atoms with Crippen LogP contribution in [-0.2, 0) is 4.94 Å². The van der Waals surface area contributed by atoms with Gasteiger partial charge in [0.05, 0.1) is 10.6 Å². The molecule has 9 nitrogen and oxygen atoms in total. The Hall–Kier alpha value is -2.42. The van der Waals surface area contributed by atoms with Crippen LogP contribution < -0.4 is 11.0 Å². The summed E-state index contributed by atoms with van der Waals surface area (Å²) in [5.74, 6) is 5.11. The molecule has 9 heteroatoms. The normalized spacial score (nSPS) is 9.40. The van der Waals surface area contributed by atoms with E-state index in [4.69, 9.17) is 5.84 Å². The summed E-state index contributed by atoms with van der Waals surface area (Å²) in [7, 11) is 0. The van der Waals surface area contributed by atoms with Crippen molar-refractivity contribution >= 4 is 11.4 Å². The molecule has 0 fully saturated rings. The number of nitro groups is 1. The van der Waals surface area contributed by atoms with Gasteiger partial charge in [-0.1, -0.05) is 6.07 Å². The van der Waals surface area contributed by atoms with Crippen molar-refractivity contribution in [3.63, 3.8) is 0 Å². The number of hydrazine groups is 1. The number of benzene rings is 1. The van der Waals surface area contributed by atoms with Crippen LogP contribution in [0.15, 0.2) is 24.3 Å². The Balaban J connectivity index is 2.89. The van der Waals surface area contributed by atoms with Gasteiger partial charge in [0.25, 0.3) is 5.69 Å². The number of hydrogen-bond acceptors (Lipinski definition) is 7. The van der Waals surface area contributed by atoms with E-state index in [-0.39, 0.29) is 11.4 Å². The van der Waals surface area contributed by atoms with E-state index >= 15 is 0 Å². The zero-order valence-electron chi connectivity index (χ0n) is 7.27. The number of hydrogen-bond donors (Lipinski definition) is 1. The van der Waals surface area contributed by atoms with Gasteiger partial charge in [0.1, 0.15) is 0 Å². The van der Waals surface area contributed by atoms with E-state index in [1.165, 1.54) is 18.2 Å². The first-order chi connectivity index (χ1) is 7.00. The molecule has 2 N–H and O–H groups in total. The first-order valence-electron chi connectivity index (χ1n) is 3.62. The highest BCUT2D eigenvalue weighted by Crippen LogP contribution is 2.19. The van der Waals surface area contributed by atoms with Crippen molar-refractivity contribution in [2.45, 2.75) is 0 Å². The third-order valence-corrected chi connectivity index (χ3v) is 1.45. The Morgan fingerprint density at radius 1 is 1.33 bits per heavy atom. The molecule has 1 aromatic carbocycles. The van der Waals surface area contributed by atoms with Crippen molar-refractivity contribution in [1.82, 2.24) is 0 Å². The zero-order chi connectivity index (χ0) is 11.4. The fourth-order valence-corrected chi connectivity index (χ4v) is 0.863. The quantitative estimate of drug-likeness (QED) is 0.436. The molecule has 0 aliphatic heterocycles. The SMILES string of the molecule is NN(O[N+](=O)[O-])c1cccc([N+](=O)[O-])c1. The maximum atomic E-state index is 10.4. The Morgan fingerprint density at radius 2 is 2.00 bits per heavy atom. The lowest BCUT2D eigenvalue weighted by Crippen LogP contribution is -2.33. The summed E-state index contributed by atoms with van der Waals surface area (Å²) in [5.41, 5.74) is -0.240. The van der Waals surface area contributed by atoms with Crippen LogP contribution in [0.3, 0.4) is 0 Å². The van der Waals surface area contributed by atoms with E-state index in [0.717, 1.165) is 6.07 Å². The molecule has 15 heavy (non-hydrogen) atoms. The molecule has 0 aliphatic rings. The van der Waals surface area contributed by atoms with Gasteiger partial charge < -0.3 is 0 Å². The second-order valence-electron chi connectivity index (χ2n) is 2.41. The molecule has 0 radical (unpaired) electrons. The second-order valence-corrected chi connectivity index (χ2v) is 2.41. The predicted octanol–water partition coefficient (Wildman–Crippen LogP) is 0.398. The van der Waals surface area contributed by atoms with Crippen LogP contribution in [0.2, 0.25) is 0 Å². The van der Waals surface area contributed by atoms with Gasteiger partial charge in [-0.15, -0.1) is 15.3 Å². The number of rotatable bonds is 4. The molecular weight excluding hydrogens is 208 g/mol. The molecule has 0 saturated carbocycles. The van der Waals surface area contributed by atoms with Gasteiger partial charge in [-0.05, 0) is 6.07 Å². The number of nitrogens with two attached hydrogens (primary N) is 1. The lowest BCUT2D eigenvalue weighted by atomic mass is 10.3. The van der Waals surface area contributed by atoms with Gasteiger partial charge >= 0.3 is 5.09 Å². The highest BCUT2D eigenvalue weighted by molar-refractivity contribution is 5.50. The maximum absolute atomic E-state index is 10.4. The maximum Gasteiger partial charge on any atom is 0.318 e. The van der Waals surface area contributed by atoms with Crippen molar-refractivity contribution in [3.8, 4) is 0 Å². The Bertz CT molecular complexity index is 395. The molecular formula is C6H6N4O5. The standard InChI is InChI=1S/C6H6N4O5/c7-8(15-10(13)14)5-2-1-3-6(4-5)9(11)12/h1-4H,7H2. The summed E-state index contributed by atoms with van der Waals surface area (Å²) in [6.07, 6.45) is 0. The third-order valence-electron chi connectivity index (χ3n) is 1.45. The highest BCUT2D eigenvalue weighted by atomic mass is 17.0. The Kier molecular flexibility index (Phi) is 2.98.